The molecule has 2 aromatic carbocycles. The van der Waals surface area contributed by atoms with Crippen molar-refractivity contribution in [2.75, 3.05) is 7.11 Å². The van der Waals surface area contributed by atoms with Crippen LogP contribution in [0.5, 0.6) is 5.75 Å². The van der Waals surface area contributed by atoms with Gasteiger partial charge in [0.2, 0.25) is 15.7 Å². The van der Waals surface area contributed by atoms with E-state index in [1.165, 1.54) is 42.7 Å². The van der Waals surface area contributed by atoms with Gasteiger partial charge in [-0.15, -0.1) is 11.3 Å². The molecule has 0 saturated carbocycles. The lowest BCUT2D eigenvalue weighted by molar-refractivity contribution is -0.156. The number of amides is 1. The fourth-order valence-electron chi connectivity index (χ4n) is 3.02. The molecule has 0 aliphatic heterocycles. The van der Waals surface area contributed by atoms with Gasteiger partial charge >= 0.3 is 0 Å². The number of carbonyl (C=O) groups excluding carboxylic acids is 1. The van der Waals surface area contributed by atoms with Crippen molar-refractivity contribution in [2.45, 2.75) is 35.7 Å². The van der Waals surface area contributed by atoms with Crippen molar-refractivity contribution in [1.29, 1.82) is 0 Å². The van der Waals surface area contributed by atoms with Crippen molar-refractivity contribution in [2.24, 2.45) is 5.73 Å². The summed E-state index contributed by atoms with van der Waals surface area (Å²) in [5, 5.41) is 14.0. The number of hydrogen-bond acceptors (Lipinski definition) is 8. The van der Waals surface area contributed by atoms with Crippen molar-refractivity contribution in [3.05, 3.63) is 70.2 Å². The summed E-state index contributed by atoms with van der Waals surface area (Å²) in [7, 11) is -2.18. The number of methoxy groups -OCH3 is 1. The van der Waals surface area contributed by atoms with Gasteiger partial charge in [-0.2, -0.15) is 5.06 Å². The number of hydroxylamine groups is 2. The van der Waals surface area contributed by atoms with Gasteiger partial charge in [-0.3, -0.25) is 4.79 Å². The molecule has 1 aromatic heterocycles. The first-order valence-corrected chi connectivity index (χ1v) is 11.7. The molecule has 8 nitrogen and oxygen atoms in total. The van der Waals surface area contributed by atoms with Crippen molar-refractivity contribution >= 4 is 27.1 Å². The molecule has 0 fully saturated rings. The van der Waals surface area contributed by atoms with E-state index >= 15 is 0 Å². The van der Waals surface area contributed by atoms with Crippen molar-refractivity contribution in [3.8, 4) is 5.75 Å². The predicted molar refractivity (Wildman–Crippen MR) is 116 cm³/mol. The second kappa shape index (κ2) is 9.56. The van der Waals surface area contributed by atoms with Crippen LogP contribution in [0.2, 0.25) is 0 Å². The summed E-state index contributed by atoms with van der Waals surface area (Å²) in [4.78, 5) is 16.4. The third-order valence-corrected chi connectivity index (χ3v) is 7.31. The van der Waals surface area contributed by atoms with Gasteiger partial charge in [0.1, 0.15) is 11.8 Å². The highest BCUT2D eigenvalue weighted by Gasteiger charge is 2.25. The van der Waals surface area contributed by atoms with Crippen molar-refractivity contribution in [1.82, 2.24) is 10.0 Å². The molecule has 3 N–H and O–H groups in total. The fraction of sp³-hybridized carbons (Fsp3) is 0.238. The smallest absolute Gasteiger partial charge is 0.237 e. The maximum absolute atomic E-state index is 12.8. The number of thiazole rings is 1. The molecule has 31 heavy (non-hydrogen) atoms. The molecule has 0 aliphatic rings. The summed E-state index contributed by atoms with van der Waals surface area (Å²) in [5.41, 5.74) is 6.75. The number of nitrogens with zero attached hydrogens (tertiary/aromatic N) is 2. The van der Waals surface area contributed by atoms with Crippen molar-refractivity contribution < 1.29 is 23.2 Å². The van der Waals surface area contributed by atoms with Gasteiger partial charge in [0, 0.05) is 18.3 Å². The number of primary amides is 1. The Morgan fingerprint density at radius 1 is 1.16 bits per heavy atom. The second-order valence-electron chi connectivity index (χ2n) is 6.90. The van der Waals surface area contributed by atoms with E-state index in [1.807, 2.05) is 12.3 Å². The van der Waals surface area contributed by atoms with Gasteiger partial charge in [-0.25, -0.2) is 13.4 Å². The average molecular weight is 462 g/mol. The number of nitrogens with two attached hydrogens (primary N) is 1. The van der Waals surface area contributed by atoms with E-state index in [0.29, 0.717) is 17.0 Å². The van der Waals surface area contributed by atoms with E-state index in [2.05, 4.69) is 4.98 Å². The molecule has 0 spiro atoms. The molecule has 0 saturated heterocycles. The van der Waals surface area contributed by atoms with Gasteiger partial charge in [0.05, 0.1) is 27.6 Å². The highest BCUT2D eigenvalue weighted by atomic mass is 32.2. The normalized spacial score (nSPS) is 12.6. The van der Waals surface area contributed by atoms with Crippen LogP contribution in [0, 0.1) is 6.92 Å². The minimum Gasteiger partial charge on any atom is -0.497 e. The van der Waals surface area contributed by atoms with Crippen LogP contribution in [0.3, 0.4) is 0 Å². The summed E-state index contributed by atoms with van der Waals surface area (Å²) < 4.78 is 30.7. The van der Waals surface area contributed by atoms with E-state index in [4.69, 9.17) is 10.5 Å². The minimum absolute atomic E-state index is 0.000407. The zero-order valence-electron chi connectivity index (χ0n) is 17.1. The lowest BCUT2D eigenvalue weighted by atomic mass is 10.1. The van der Waals surface area contributed by atoms with E-state index in [1.54, 1.807) is 24.3 Å². The van der Waals surface area contributed by atoms with Crippen LogP contribution < -0.4 is 10.5 Å². The predicted octanol–water partition coefficient (Wildman–Crippen LogP) is 2.58. The van der Waals surface area contributed by atoms with Crippen LogP contribution in [-0.4, -0.2) is 42.7 Å². The van der Waals surface area contributed by atoms with Crippen LogP contribution in [0.4, 0.5) is 0 Å². The summed E-state index contributed by atoms with van der Waals surface area (Å²) in [6.07, 6.45) is 0.181. The quantitative estimate of drug-likeness (QED) is 0.470. The topological polar surface area (TPSA) is 123 Å². The third-order valence-electron chi connectivity index (χ3n) is 4.71. The average Bonchev–Trinajstić information content (AvgIpc) is 3.17. The number of hydrogen-bond donors (Lipinski definition) is 2. The summed E-state index contributed by atoms with van der Waals surface area (Å²) >= 11 is 1.45. The molecule has 164 valence electrons. The molecule has 3 aromatic rings. The first-order valence-electron chi connectivity index (χ1n) is 9.34. The van der Waals surface area contributed by atoms with Gasteiger partial charge in [-0.05, 0) is 48.9 Å². The molecule has 1 atom stereocenters. The second-order valence-corrected chi connectivity index (χ2v) is 9.91. The molecule has 0 radical (unpaired) electrons. The lowest BCUT2D eigenvalue weighted by Gasteiger charge is -2.23. The molecular weight excluding hydrogens is 438 g/mol. The highest BCUT2D eigenvalue weighted by molar-refractivity contribution is 7.91. The fourth-order valence-corrected chi connectivity index (χ4v) is 4.90. The number of ether oxygens (including phenoxy) is 1. The molecule has 0 bridgehead atoms. The van der Waals surface area contributed by atoms with Gasteiger partial charge in [0.15, 0.2) is 0 Å². The van der Waals surface area contributed by atoms with E-state index in [-0.39, 0.29) is 22.8 Å². The molecule has 1 unspecified atom stereocenters. The maximum Gasteiger partial charge on any atom is 0.237 e. The Kier molecular flexibility index (Phi) is 7.06. The van der Waals surface area contributed by atoms with Gasteiger partial charge < -0.3 is 15.7 Å². The number of aromatic nitrogens is 1. The number of carbonyl (C=O) groups is 1. The molecule has 10 heteroatoms. The first kappa shape index (κ1) is 22.9. The Morgan fingerprint density at radius 3 is 2.23 bits per heavy atom. The van der Waals surface area contributed by atoms with E-state index in [0.717, 1.165) is 10.1 Å². The van der Waals surface area contributed by atoms with Crippen LogP contribution in [0.1, 0.15) is 16.3 Å². The van der Waals surface area contributed by atoms with Crippen molar-refractivity contribution in [3.63, 3.8) is 0 Å². The molecule has 3 rings (SSSR count). The highest BCUT2D eigenvalue weighted by Crippen LogP contribution is 2.24. The van der Waals surface area contributed by atoms with Crippen LogP contribution in [0.25, 0.3) is 0 Å². The lowest BCUT2D eigenvalue weighted by Crippen LogP contribution is -2.44. The van der Waals surface area contributed by atoms with E-state index in [9.17, 15) is 18.4 Å². The Morgan fingerprint density at radius 2 is 1.74 bits per heavy atom. The standard InChI is InChI=1S/C21H23N3O5S2/c1-14-23-16(13-30-14)11-20(21(22)25)24(26)12-15-3-7-18(8-4-15)31(27,28)19-9-5-17(29-2)6-10-19/h3-10,13,20,26H,11-12H2,1-2H3,(H2,22,25). The van der Waals surface area contributed by atoms with E-state index < -0.39 is 21.8 Å². The van der Waals surface area contributed by atoms with Crippen LogP contribution in [-0.2, 0) is 27.6 Å². The maximum atomic E-state index is 12.8. The molecule has 1 amide bonds. The zero-order chi connectivity index (χ0) is 22.6. The summed E-state index contributed by atoms with van der Waals surface area (Å²) in [6, 6.07) is 11.3. The largest absolute Gasteiger partial charge is 0.497 e. The van der Waals surface area contributed by atoms with Gasteiger partial charge in [0.25, 0.3) is 0 Å². The molecular formula is C21H23N3O5S2. The Bertz CT molecular complexity index is 1140. The summed E-state index contributed by atoms with van der Waals surface area (Å²) in [6.45, 7) is 1.85. The van der Waals surface area contributed by atoms with Crippen LogP contribution in [0.15, 0.2) is 63.7 Å². The monoisotopic (exact) mass is 461 g/mol. The minimum atomic E-state index is -3.69. The Balaban J connectivity index is 1.73. The Labute approximate surface area is 184 Å². The third kappa shape index (κ3) is 5.47. The van der Waals surface area contributed by atoms with Gasteiger partial charge in [-0.1, -0.05) is 12.1 Å². The SMILES string of the molecule is COc1ccc(S(=O)(=O)c2ccc(CN(O)C(Cc3csc(C)n3)C(N)=O)cc2)cc1. The van der Waals surface area contributed by atoms with Crippen LogP contribution >= 0.6 is 11.3 Å². The Hall–Kier alpha value is -2.79. The molecule has 1 heterocycles. The number of benzene rings is 2. The summed E-state index contributed by atoms with van der Waals surface area (Å²) in [5.74, 6) is -0.110. The molecule has 0 aliphatic carbocycles. The first-order chi connectivity index (χ1) is 14.7. The zero-order valence-corrected chi connectivity index (χ0v) is 18.7. The number of sulfone groups is 1. The number of rotatable bonds is 9. The number of aryl methyl sites for hydroxylation is 1.